The standard InChI is InChI=1S/C15H19N3O2/c1-10-8-11(5-6-13(10)19-2)14-17-15(20-18-14)12-4-3-7-16-9-12/h5-6,8,12,16H,3-4,7,9H2,1-2H3/t12-/m1/s1. The summed E-state index contributed by atoms with van der Waals surface area (Å²) >= 11 is 0. The first-order valence-electron chi connectivity index (χ1n) is 6.97. The summed E-state index contributed by atoms with van der Waals surface area (Å²) in [6.07, 6.45) is 2.26. The van der Waals surface area contributed by atoms with Gasteiger partial charge in [0.25, 0.3) is 0 Å². The Morgan fingerprint density at radius 2 is 2.30 bits per heavy atom. The van der Waals surface area contributed by atoms with Gasteiger partial charge < -0.3 is 14.6 Å². The van der Waals surface area contributed by atoms with Gasteiger partial charge in [0.05, 0.1) is 13.0 Å². The van der Waals surface area contributed by atoms with E-state index >= 15 is 0 Å². The predicted octanol–water partition coefficient (Wildman–Crippen LogP) is 2.52. The fourth-order valence-electron chi connectivity index (χ4n) is 2.60. The molecule has 0 unspecified atom stereocenters. The van der Waals surface area contributed by atoms with Crippen molar-refractivity contribution in [1.82, 2.24) is 15.5 Å². The summed E-state index contributed by atoms with van der Waals surface area (Å²) in [5, 5.41) is 7.47. The van der Waals surface area contributed by atoms with Crippen LogP contribution >= 0.6 is 0 Å². The molecular formula is C15H19N3O2. The van der Waals surface area contributed by atoms with Crippen molar-refractivity contribution in [2.45, 2.75) is 25.7 Å². The summed E-state index contributed by atoms with van der Waals surface area (Å²) < 4.78 is 10.7. The lowest BCUT2D eigenvalue weighted by atomic mass is 10.00. The van der Waals surface area contributed by atoms with Crippen molar-refractivity contribution in [3.63, 3.8) is 0 Å². The van der Waals surface area contributed by atoms with Gasteiger partial charge in [-0.1, -0.05) is 5.16 Å². The lowest BCUT2D eigenvalue weighted by Crippen LogP contribution is -2.28. The highest BCUT2D eigenvalue weighted by molar-refractivity contribution is 5.58. The molecule has 2 aromatic rings. The van der Waals surface area contributed by atoms with Crippen LogP contribution in [0.15, 0.2) is 22.7 Å². The summed E-state index contributed by atoms with van der Waals surface area (Å²) in [6.45, 7) is 4.01. The molecule has 5 nitrogen and oxygen atoms in total. The molecule has 1 aromatic heterocycles. The Bertz CT molecular complexity index is 589. The zero-order valence-corrected chi connectivity index (χ0v) is 11.8. The number of hydrogen-bond donors (Lipinski definition) is 1. The smallest absolute Gasteiger partial charge is 0.231 e. The second-order valence-corrected chi connectivity index (χ2v) is 5.18. The normalized spacial score (nSPS) is 19.0. The molecule has 1 atom stereocenters. The number of benzene rings is 1. The second-order valence-electron chi connectivity index (χ2n) is 5.18. The van der Waals surface area contributed by atoms with Gasteiger partial charge in [0.15, 0.2) is 0 Å². The van der Waals surface area contributed by atoms with Crippen LogP contribution in [0.3, 0.4) is 0 Å². The Hall–Kier alpha value is -1.88. The van der Waals surface area contributed by atoms with Crippen LogP contribution in [0.1, 0.15) is 30.2 Å². The minimum Gasteiger partial charge on any atom is -0.496 e. The van der Waals surface area contributed by atoms with Gasteiger partial charge in [-0.25, -0.2) is 0 Å². The molecule has 1 aliphatic heterocycles. The third-order valence-electron chi connectivity index (χ3n) is 3.74. The van der Waals surface area contributed by atoms with Crippen molar-refractivity contribution in [2.75, 3.05) is 20.2 Å². The summed E-state index contributed by atoms with van der Waals surface area (Å²) in [7, 11) is 1.67. The third kappa shape index (κ3) is 2.54. The third-order valence-corrected chi connectivity index (χ3v) is 3.74. The van der Waals surface area contributed by atoms with Crippen LogP contribution in [0.2, 0.25) is 0 Å². The van der Waals surface area contributed by atoms with Crippen LogP contribution in [0.4, 0.5) is 0 Å². The number of hydrogen-bond acceptors (Lipinski definition) is 5. The van der Waals surface area contributed by atoms with E-state index in [2.05, 4.69) is 15.5 Å². The number of aromatic nitrogens is 2. The van der Waals surface area contributed by atoms with Crippen LogP contribution in [0.25, 0.3) is 11.4 Å². The molecule has 1 fully saturated rings. The minimum absolute atomic E-state index is 0.337. The number of ether oxygens (including phenoxy) is 1. The molecule has 20 heavy (non-hydrogen) atoms. The van der Waals surface area contributed by atoms with E-state index in [0.717, 1.165) is 48.7 Å². The number of piperidine rings is 1. The van der Waals surface area contributed by atoms with Crippen LogP contribution in [0.5, 0.6) is 5.75 Å². The molecule has 106 valence electrons. The number of methoxy groups -OCH3 is 1. The first-order chi connectivity index (χ1) is 9.78. The molecule has 3 rings (SSSR count). The summed E-state index contributed by atoms with van der Waals surface area (Å²) in [5.74, 6) is 2.59. The number of aryl methyl sites for hydroxylation is 1. The van der Waals surface area contributed by atoms with E-state index in [1.54, 1.807) is 7.11 Å². The summed E-state index contributed by atoms with van der Waals surface area (Å²) in [6, 6.07) is 5.91. The van der Waals surface area contributed by atoms with Crippen LogP contribution in [0, 0.1) is 6.92 Å². The van der Waals surface area contributed by atoms with Crippen LogP contribution < -0.4 is 10.1 Å². The van der Waals surface area contributed by atoms with Crippen molar-refractivity contribution in [3.05, 3.63) is 29.7 Å². The Morgan fingerprint density at radius 1 is 1.40 bits per heavy atom. The highest BCUT2D eigenvalue weighted by atomic mass is 16.5. The van der Waals surface area contributed by atoms with E-state index in [1.165, 1.54) is 0 Å². The van der Waals surface area contributed by atoms with E-state index in [-0.39, 0.29) is 0 Å². The van der Waals surface area contributed by atoms with E-state index < -0.39 is 0 Å². The predicted molar refractivity (Wildman–Crippen MR) is 75.9 cm³/mol. The van der Waals surface area contributed by atoms with E-state index in [4.69, 9.17) is 9.26 Å². The summed E-state index contributed by atoms with van der Waals surface area (Å²) in [4.78, 5) is 4.54. The molecule has 1 saturated heterocycles. The minimum atomic E-state index is 0.337. The Morgan fingerprint density at radius 3 is 3.00 bits per heavy atom. The molecule has 0 aliphatic carbocycles. The Labute approximate surface area is 118 Å². The van der Waals surface area contributed by atoms with Gasteiger partial charge in [0, 0.05) is 12.1 Å². The molecule has 1 aromatic carbocycles. The molecule has 1 aliphatic rings. The zero-order chi connectivity index (χ0) is 13.9. The molecule has 5 heteroatoms. The molecule has 0 amide bonds. The Balaban J connectivity index is 1.84. The Kier molecular flexibility index (Phi) is 3.69. The first kappa shape index (κ1) is 13.1. The number of rotatable bonds is 3. The molecular weight excluding hydrogens is 254 g/mol. The van der Waals surface area contributed by atoms with Crippen molar-refractivity contribution in [3.8, 4) is 17.1 Å². The van der Waals surface area contributed by atoms with Gasteiger partial charge in [-0.15, -0.1) is 0 Å². The first-order valence-corrected chi connectivity index (χ1v) is 6.97. The second kappa shape index (κ2) is 5.63. The van der Waals surface area contributed by atoms with Crippen molar-refractivity contribution in [2.24, 2.45) is 0 Å². The van der Waals surface area contributed by atoms with Gasteiger partial charge in [-0.3, -0.25) is 0 Å². The van der Waals surface area contributed by atoms with Crippen molar-refractivity contribution in [1.29, 1.82) is 0 Å². The number of nitrogens with zero attached hydrogens (tertiary/aromatic N) is 2. The molecule has 0 bridgehead atoms. The van der Waals surface area contributed by atoms with Gasteiger partial charge in [0.1, 0.15) is 5.75 Å². The van der Waals surface area contributed by atoms with Crippen molar-refractivity contribution >= 4 is 0 Å². The largest absolute Gasteiger partial charge is 0.496 e. The lowest BCUT2D eigenvalue weighted by Gasteiger charge is -2.18. The molecule has 0 saturated carbocycles. The van der Waals surface area contributed by atoms with Crippen LogP contribution in [-0.2, 0) is 0 Å². The quantitative estimate of drug-likeness (QED) is 0.931. The lowest BCUT2D eigenvalue weighted by molar-refractivity contribution is 0.322. The van der Waals surface area contributed by atoms with Crippen molar-refractivity contribution < 1.29 is 9.26 Å². The fraction of sp³-hybridized carbons (Fsp3) is 0.467. The maximum atomic E-state index is 5.42. The van der Waals surface area contributed by atoms with E-state index in [1.807, 2.05) is 25.1 Å². The monoisotopic (exact) mass is 273 g/mol. The molecule has 2 heterocycles. The average molecular weight is 273 g/mol. The van der Waals surface area contributed by atoms with Crippen LogP contribution in [-0.4, -0.2) is 30.3 Å². The number of nitrogens with one attached hydrogen (secondary N) is 1. The topological polar surface area (TPSA) is 60.2 Å². The van der Waals surface area contributed by atoms with E-state index in [9.17, 15) is 0 Å². The maximum Gasteiger partial charge on any atom is 0.231 e. The highest BCUT2D eigenvalue weighted by Gasteiger charge is 2.21. The maximum absolute atomic E-state index is 5.42. The fourth-order valence-corrected chi connectivity index (χ4v) is 2.60. The van der Waals surface area contributed by atoms with Gasteiger partial charge in [-0.2, -0.15) is 4.98 Å². The average Bonchev–Trinajstić information content (AvgIpc) is 2.98. The van der Waals surface area contributed by atoms with Gasteiger partial charge in [0.2, 0.25) is 11.7 Å². The summed E-state index contributed by atoms with van der Waals surface area (Å²) in [5.41, 5.74) is 2.03. The van der Waals surface area contributed by atoms with E-state index in [0.29, 0.717) is 11.7 Å². The zero-order valence-electron chi connectivity index (χ0n) is 11.8. The molecule has 1 N–H and O–H groups in total. The SMILES string of the molecule is COc1ccc(-c2noc([C@@H]3CCCNC3)n2)cc1C. The van der Waals surface area contributed by atoms with Gasteiger partial charge >= 0.3 is 0 Å². The van der Waals surface area contributed by atoms with Gasteiger partial charge in [-0.05, 0) is 50.1 Å². The highest BCUT2D eigenvalue weighted by Crippen LogP contribution is 2.27. The molecule has 0 radical (unpaired) electrons. The molecule has 0 spiro atoms.